The first-order chi connectivity index (χ1) is 6.60. The number of carbonyl (C=O) groups excluding carboxylic acids is 1. The molecule has 14 heavy (non-hydrogen) atoms. The number of rotatable bonds is 2. The summed E-state index contributed by atoms with van der Waals surface area (Å²) in [6.45, 7) is 5.42. The van der Waals surface area contributed by atoms with Crippen molar-refractivity contribution in [2.24, 2.45) is 0 Å². The summed E-state index contributed by atoms with van der Waals surface area (Å²) in [4.78, 5) is 12.0. The lowest BCUT2D eigenvalue weighted by Gasteiger charge is -1.98. The Labute approximate surface area is 87.4 Å². The second-order valence-corrected chi connectivity index (χ2v) is 4.21. The minimum atomic E-state index is -0.134. The second kappa shape index (κ2) is 4.25. The summed E-state index contributed by atoms with van der Waals surface area (Å²) in [5, 5.41) is 12.3. The fourth-order valence-corrected chi connectivity index (χ4v) is 2.51. The van der Waals surface area contributed by atoms with E-state index in [9.17, 15) is 4.79 Å². The molecule has 0 atom stereocenters. The molecule has 0 aliphatic carbocycles. The van der Waals surface area contributed by atoms with Gasteiger partial charge in [0.15, 0.2) is 0 Å². The lowest BCUT2D eigenvalue weighted by Crippen LogP contribution is -2.05. The maximum atomic E-state index is 10.9. The van der Waals surface area contributed by atoms with Gasteiger partial charge in [0, 0.05) is 11.8 Å². The summed E-state index contributed by atoms with van der Waals surface area (Å²) in [6, 6.07) is 2.14. The number of nitriles is 1. The predicted octanol–water partition coefficient (Wildman–Crippen LogP) is 2.45. The molecule has 0 aliphatic rings. The van der Waals surface area contributed by atoms with Crippen LogP contribution in [0.4, 0.5) is 5.00 Å². The van der Waals surface area contributed by atoms with Crippen molar-refractivity contribution in [1.82, 2.24) is 0 Å². The van der Waals surface area contributed by atoms with Gasteiger partial charge in [-0.15, -0.1) is 11.3 Å². The van der Waals surface area contributed by atoms with E-state index in [1.165, 1.54) is 18.3 Å². The fourth-order valence-electron chi connectivity index (χ4n) is 1.37. The number of nitrogens with one attached hydrogen (secondary N) is 1. The first kappa shape index (κ1) is 10.7. The van der Waals surface area contributed by atoms with E-state index in [1.807, 2.05) is 13.8 Å². The minimum Gasteiger partial charge on any atom is -0.317 e. The van der Waals surface area contributed by atoms with Crippen LogP contribution < -0.4 is 5.32 Å². The van der Waals surface area contributed by atoms with Gasteiger partial charge in [0.1, 0.15) is 11.1 Å². The van der Waals surface area contributed by atoms with Crippen LogP contribution in [-0.4, -0.2) is 5.91 Å². The minimum absolute atomic E-state index is 0.134. The number of carbonyl (C=O) groups is 1. The Morgan fingerprint density at radius 1 is 1.64 bits per heavy atom. The third kappa shape index (κ3) is 1.94. The highest BCUT2D eigenvalue weighted by Crippen LogP contribution is 2.32. The van der Waals surface area contributed by atoms with Crippen LogP contribution in [0.25, 0.3) is 0 Å². The molecule has 0 bridgehead atoms. The van der Waals surface area contributed by atoms with Crippen LogP contribution in [0.2, 0.25) is 0 Å². The van der Waals surface area contributed by atoms with Crippen LogP contribution >= 0.6 is 11.3 Å². The molecule has 0 aromatic carbocycles. The molecule has 0 spiro atoms. The van der Waals surface area contributed by atoms with Crippen LogP contribution in [0.5, 0.6) is 0 Å². The first-order valence-electron chi connectivity index (χ1n) is 4.40. The Morgan fingerprint density at radius 2 is 2.29 bits per heavy atom. The van der Waals surface area contributed by atoms with Gasteiger partial charge in [-0.2, -0.15) is 5.26 Å². The van der Waals surface area contributed by atoms with E-state index in [-0.39, 0.29) is 5.91 Å². The molecule has 1 aromatic heterocycles. The van der Waals surface area contributed by atoms with Gasteiger partial charge in [-0.3, -0.25) is 4.79 Å². The zero-order valence-corrected chi connectivity index (χ0v) is 9.29. The number of aryl methyl sites for hydroxylation is 1. The van der Waals surface area contributed by atoms with Crippen molar-refractivity contribution in [1.29, 1.82) is 5.26 Å². The Morgan fingerprint density at radius 3 is 2.71 bits per heavy atom. The molecule has 74 valence electrons. The number of nitrogens with zero attached hydrogens (tertiary/aromatic N) is 1. The Balaban J connectivity index is 3.19. The summed E-state index contributed by atoms with van der Waals surface area (Å²) in [5.41, 5.74) is 1.66. The van der Waals surface area contributed by atoms with Crippen molar-refractivity contribution in [2.75, 3.05) is 5.32 Å². The molecule has 1 heterocycles. The van der Waals surface area contributed by atoms with Crippen molar-refractivity contribution in [3.8, 4) is 6.07 Å². The molecule has 1 N–H and O–H groups in total. The molecule has 0 fully saturated rings. The van der Waals surface area contributed by atoms with Crippen LogP contribution in [0.3, 0.4) is 0 Å². The molecule has 0 saturated heterocycles. The number of amides is 1. The van der Waals surface area contributed by atoms with Crippen LogP contribution in [-0.2, 0) is 11.2 Å². The average molecular weight is 208 g/mol. The highest BCUT2D eigenvalue weighted by molar-refractivity contribution is 7.16. The number of hydrogen-bond donors (Lipinski definition) is 1. The SMILES string of the molecule is CCc1c(C)sc(NC(C)=O)c1C#N. The van der Waals surface area contributed by atoms with Crippen molar-refractivity contribution in [3.05, 3.63) is 16.0 Å². The normalized spacial score (nSPS) is 9.57. The first-order valence-corrected chi connectivity index (χ1v) is 5.21. The Kier molecular flexibility index (Phi) is 3.26. The summed E-state index contributed by atoms with van der Waals surface area (Å²) in [5.74, 6) is -0.134. The summed E-state index contributed by atoms with van der Waals surface area (Å²) >= 11 is 1.46. The van der Waals surface area contributed by atoms with Crippen molar-refractivity contribution in [2.45, 2.75) is 27.2 Å². The molecule has 0 unspecified atom stereocenters. The molecule has 3 nitrogen and oxygen atoms in total. The molecule has 1 aromatic rings. The average Bonchev–Trinajstić information content (AvgIpc) is 2.39. The van der Waals surface area contributed by atoms with E-state index < -0.39 is 0 Å². The van der Waals surface area contributed by atoms with Gasteiger partial charge in [-0.25, -0.2) is 0 Å². The van der Waals surface area contributed by atoms with Gasteiger partial charge >= 0.3 is 0 Å². The van der Waals surface area contributed by atoms with Gasteiger partial charge in [-0.1, -0.05) is 6.92 Å². The highest BCUT2D eigenvalue weighted by Gasteiger charge is 2.14. The Hall–Kier alpha value is -1.34. The summed E-state index contributed by atoms with van der Waals surface area (Å²) < 4.78 is 0. The smallest absolute Gasteiger partial charge is 0.221 e. The van der Waals surface area contributed by atoms with Gasteiger partial charge in [-0.05, 0) is 18.9 Å². The second-order valence-electron chi connectivity index (χ2n) is 2.99. The third-order valence-electron chi connectivity index (χ3n) is 1.96. The highest BCUT2D eigenvalue weighted by atomic mass is 32.1. The molecule has 0 radical (unpaired) electrons. The van der Waals surface area contributed by atoms with Crippen LogP contribution in [0.1, 0.15) is 29.9 Å². The molecular weight excluding hydrogens is 196 g/mol. The van der Waals surface area contributed by atoms with Gasteiger partial charge in [0.25, 0.3) is 0 Å². The lowest BCUT2D eigenvalue weighted by atomic mass is 10.1. The van der Waals surface area contributed by atoms with E-state index in [2.05, 4.69) is 11.4 Å². The number of anilines is 1. The Bertz CT molecular complexity index is 401. The summed E-state index contributed by atoms with van der Waals surface area (Å²) in [6.07, 6.45) is 0.824. The molecule has 0 aliphatic heterocycles. The summed E-state index contributed by atoms with van der Waals surface area (Å²) in [7, 11) is 0. The monoisotopic (exact) mass is 208 g/mol. The number of hydrogen-bond acceptors (Lipinski definition) is 3. The fraction of sp³-hybridized carbons (Fsp3) is 0.400. The molecule has 0 saturated carbocycles. The van der Waals surface area contributed by atoms with E-state index in [0.717, 1.165) is 16.9 Å². The quantitative estimate of drug-likeness (QED) is 0.811. The van der Waals surface area contributed by atoms with Crippen molar-refractivity contribution in [3.63, 3.8) is 0 Å². The van der Waals surface area contributed by atoms with Crippen LogP contribution in [0.15, 0.2) is 0 Å². The third-order valence-corrected chi connectivity index (χ3v) is 3.03. The van der Waals surface area contributed by atoms with E-state index >= 15 is 0 Å². The van der Waals surface area contributed by atoms with Gasteiger partial charge < -0.3 is 5.32 Å². The standard InChI is InChI=1S/C10H12N2OS/c1-4-8-6(2)14-10(9(8)5-11)12-7(3)13/h4H2,1-3H3,(H,12,13). The molecule has 1 amide bonds. The molecular formula is C10H12N2OS. The van der Waals surface area contributed by atoms with Crippen LogP contribution in [0, 0.1) is 18.3 Å². The topological polar surface area (TPSA) is 52.9 Å². The van der Waals surface area contributed by atoms with E-state index in [4.69, 9.17) is 5.26 Å². The predicted molar refractivity (Wildman–Crippen MR) is 57.5 cm³/mol. The maximum absolute atomic E-state index is 10.9. The molecule has 1 rings (SSSR count). The van der Waals surface area contributed by atoms with E-state index in [1.54, 1.807) is 0 Å². The van der Waals surface area contributed by atoms with Gasteiger partial charge in [0.05, 0.1) is 5.56 Å². The molecule has 4 heteroatoms. The van der Waals surface area contributed by atoms with Crippen molar-refractivity contribution < 1.29 is 4.79 Å². The maximum Gasteiger partial charge on any atom is 0.221 e. The van der Waals surface area contributed by atoms with Gasteiger partial charge in [0.2, 0.25) is 5.91 Å². The largest absolute Gasteiger partial charge is 0.317 e. The van der Waals surface area contributed by atoms with E-state index in [0.29, 0.717) is 10.6 Å². The number of thiophene rings is 1. The lowest BCUT2D eigenvalue weighted by molar-refractivity contribution is -0.114. The zero-order valence-electron chi connectivity index (χ0n) is 8.47. The van der Waals surface area contributed by atoms with Crippen molar-refractivity contribution >= 4 is 22.2 Å². The zero-order chi connectivity index (χ0) is 10.7.